The van der Waals surface area contributed by atoms with Crippen molar-refractivity contribution in [3.63, 3.8) is 0 Å². The first-order valence-corrected chi connectivity index (χ1v) is 7.33. The van der Waals surface area contributed by atoms with Crippen LogP contribution in [0.15, 0.2) is 48.5 Å². The van der Waals surface area contributed by atoms with Crippen LogP contribution in [0, 0.1) is 0 Å². The maximum Gasteiger partial charge on any atom is 0.129 e. The molecule has 0 radical (unpaired) electrons. The number of para-hydroxylation sites is 1. The SMILES string of the molecule is CCN(Cc1ccc(OC)c(C(N)=S)c1)c1ccccc1. The fourth-order valence-electron chi connectivity index (χ4n) is 2.29. The first kappa shape index (κ1) is 15.3. The Balaban J connectivity index is 2.26. The van der Waals surface area contributed by atoms with Crippen LogP contribution < -0.4 is 15.4 Å². The van der Waals surface area contributed by atoms with Crippen LogP contribution in [0.25, 0.3) is 0 Å². The zero-order valence-electron chi connectivity index (χ0n) is 12.4. The van der Waals surface area contributed by atoms with Crippen LogP contribution in [-0.2, 0) is 6.54 Å². The Morgan fingerprint density at radius 2 is 1.90 bits per heavy atom. The van der Waals surface area contributed by atoms with E-state index in [-0.39, 0.29) is 0 Å². The highest BCUT2D eigenvalue weighted by Crippen LogP contribution is 2.22. The summed E-state index contributed by atoms with van der Waals surface area (Å²) in [6.07, 6.45) is 0. The van der Waals surface area contributed by atoms with Crippen molar-refractivity contribution >= 4 is 22.9 Å². The van der Waals surface area contributed by atoms with E-state index in [1.54, 1.807) is 7.11 Å². The van der Waals surface area contributed by atoms with Crippen LogP contribution in [0.1, 0.15) is 18.1 Å². The van der Waals surface area contributed by atoms with Gasteiger partial charge in [-0.05, 0) is 36.8 Å². The molecular formula is C17H20N2OS. The van der Waals surface area contributed by atoms with Gasteiger partial charge in [0, 0.05) is 18.8 Å². The number of ether oxygens (including phenoxy) is 1. The van der Waals surface area contributed by atoms with E-state index in [1.165, 1.54) is 5.69 Å². The van der Waals surface area contributed by atoms with Gasteiger partial charge in [0.05, 0.1) is 12.7 Å². The Kier molecular flexibility index (Phi) is 5.17. The summed E-state index contributed by atoms with van der Waals surface area (Å²) in [6, 6.07) is 16.3. The summed E-state index contributed by atoms with van der Waals surface area (Å²) in [6.45, 7) is 3.88. The molecule has 0 bridgehead atoms. The van der Waals surface area contributed by atoms with Gasteiger partial charge < -0.3 is 15.4 Å². The summed E-state index contributed by atoms with van der Waals surface area (Å²) >= 11 is 5.10. The summed E-state index contributed by atoms with van der Waals surface area (Å²) < 4.78 is 5.30. The molecule has 0 amide bonds. The van der Waals surface area contributed by atoms with Crippen molar-refractivity contribution < 1.29 is 4.74 Å². The third-order valence-electron chi connectivity index (χ3n) is 3.41. The van der Waals surface area contributed by atoms with Crippen molar-refractivity contribution in [2.24, 2.45) is 5.73 Å². The summed E-state index contributed by atoms with van der Waals surface area (Å²) in [5, 5.41) is 0. The molecule has 0 saturated carbocycles. The molecule has 0 fully saturated rings. The summed E-state index contributed by atoms with van der Waals surface area (Å²) in [5.41, 5.74) is 8.92. The highest BCUT2D eigenvalue weighted by molar-refractivity contribution is 7.80. The second-order valence-electron chi connectivity index (χ2n) is 4.75. The first-order chi connectivity index (χ1) is 10.2. The third-order valence-corrected chi connectivity index (χ3v) is 3.63. The molecule has 2 aromatic rings. The van der Waals surface area contributed by atoms with E-state index in [9.17, 15) is 0 Å². The van der Waals surface area contributed by atoms with E-state index in [2.05, 4.69) is 24.0 Å². The van der Waals surface area contributed by atoms with Gasteiger partial charge in [-0.25, -0.2) is 0 Å². The van der Waals surface area contributed by atoms with E-state index >= 15 is 0 Å². The Morgan fingerprint density at radius 3 is 2.48 bits per heavy atom. The number of thiocarbonyl (C=S) groups is 1. The Labute approximate surface area is 131 Å². The minimum Gasteiger partial charge on any atom is -0.496 e. The average Bonchev–Trinajstić information content (AvgIpc) is 2.53. The van der Waals surface area contributed by atoms with Gasteiger partial charge in [-0.1, -0.05) is 36.5 Å². The van der Waals surface area contributed by atoms with Gasteiger partial charge in [-0.15, -0.1) is 0 Å². The molecule has 0 saturated heterocycles. The molecule has 0 aliphatic rings. The van der Waals surface area contributed by atoms with Crippen molar-refractivity contribution in [2.75, 3.05) is 18.6 Å². The third kappa shape index (κ3) is 3.73. The molecule has 110 valence electrons. The lowest BCUT2D eigenvalue weighted by molar-refractivity contribution is 0.414. The Morgan fingerprint density at radius 1 is 1.19 bits per heavy atom. The lowest BCUT2D eigenvalue weighted by Crippen LogP contribution is -2.22. The fraction of sp³-hybridized carbons (Fsp3) is 0.235. The van der Waals surface area contributed by atoms with Crippen LogP contribution in [0.3, 0.4) is 0 Å². The standard InChI is InChI=1S/C17H20N2OS/c1-3-19(14-7-5-4-6-8-14)12-13-9-10-16(20-2)15(11-13)17(18)21/h4-11H,3,12H2,1-2H3,(H2,18,21). The van der Waals surface area contributed by atoms with Crippen molar-refractivity contribution in [1.82, 2.24) is 0 Å². The van der Waals surface area contributed by atoms with Gasteiger partial charge in [-0.2, -0.15) is 0 Å². The molecule has 0 heterocycles. The topological polar surface area (TPSA) is 38.5 Å². The van der Waals surface area contributed by atoms with Gasteiger partial charge >= 0.3 is 0 Å². The molecule has 21 heavy (non-hydrogen) atoms. The molecule has 2 aromatic carbocycles. The zero-order chi connectivity index (χ0) is 15.2. The van der Waals surface area contributed by atoms with E-state index in [1.807, 2.05) is 36.4 Å². The van der Waals surface area contributed by atoms with E-state index < -0.39 is 0 Å². The summed E-state index contributed by atoms with van der Waals surface area (Å²) in [7, 11) is 1.62. The van der Waals surface area contributed by atoms with Gasteiger partial charge in [-0.3, -0.25) is 0 Å². The fourth-order valence-corrected chi connectivity index (χ4v) is 2.45. The molecule has 0 spiro atoms. The van der Waals surface area contributed by atoms with Gasteiger partial charge in [0.15, 0.2) is 0 Å². The molecule has 0 aromatic heterocycles. The summed E-state index contributed by atoms with van der Waals surface area (Å²) in [5.74, 6) is 0.717. The number of benzene rings is 2. The van der Waals surface area contributed by atoms with Crippen molar-refractivity contribution in [3.05, 3.63) is 59.7 Å². The first-order valence-electron chi connectivity index (χ1n) is 6.92. The normalized spacial score (nSPS) is 10.2. The van der Waals surface area contributed by atoms with E-state index in [0.29, 0.717) is 10.7 Å². The van der Waals surface area contributed by atoms with Crippen LogP contribution in [0.5, 0.6) is 5.75 Å². The smallest absolute Gasteiger partial charge is 0.129 e. The van der Waals surface area contributed by atoms with Gasteiger partial charge in [0.1, 0.15) is 10.7 Å². The lowest BCUT2D eigenvalue weighted by Gasteiger charge is -2.23. The monoisotopic (exact) mass is 300 g/mol. The predicted molar refractivity (Wildman–Crippen MR) is 92.0 cm³/mol. The number of anilines is 1. The minimum absolute atomic E-state index is 0.358. The van der Waals surface area contributed by atoms with Crippen molar-refractivity contribution in [2.45, 2.75) is 13.5 Å². The van der Waals surface area contributed by atoms with Crippen LogP contribution in [0.2, 0.25) is 0 Å². The van der Waals surface area contributed by atoms with Crippen LogP contribution in [-0.4, -0.2) is 18.6 Å². The largest absolute Gasteiger partial charge is 0.496 e. The molecule has 0 aliphatic heterocycles. The Bertz CT molecular complexity index is 613. The van der Waals surface area contributed by atoms with E-state index in [0.717, 1.165) is 24.2 Å². The number of rotatable bonds is 6. The molecular weight excluding hydrogens is 280 g/mol. The Hall–Kier alpha value is -2.07. The molecule has 4 heteroatoms. The second-order valence-corrected chi connectivity index (χ2v) is 5.19. The van der Waals surface area contributed by atoms with Crippen LogP contribution in [0.4, 0.5) is 5.69 Å². The van der Waals surface area contributed by atoms with Crippen molar-refractivity contribution in [1.29, 1.82) is 0 Å². The number of methoxy groups -OCH3 is 1. The quantitative estimate of drug-likeness (QED) is 0.830. The van der Waals surface area contributed by atoms with E-state index in [4.69, 9.17) is 22.7 Å². The molecule has 2 rings (SSSR count). The van der Waals surface area contributed by atoms with Crippen LogP contribution >= 0.6 is 12.2 Å². The number of hydrogen-bond acceptors (Lipinski definition) is 3. The maximum atomic E-state index is 5.77. The second kappa shape index (κ2) is 7.09. The van der Waals surface area contributed by atoms with Crippen molar-refractivity contribution in [3.8, 4) is 5.75 Å². The highest BCUT2D eigenvalue weighted by Gasteiger charge is 2.10. The highest BCUT2D eigenvalue weighted by atomic mass is 32.1. The van der Waals surface area contributed by atoms with Gasteiger partial charge in [0.2, 0.25) is 0 Å². The lowest BCUT2D eigenvalue weighted by atomic mass is 10.1. The molecule has 2 N–H and O–H groups in total. The minimum atomic E-state index is 0.358. The molecule has 0 aliphatic carbocycles. The van der Waals surface area contributed by atoms with Gasteiger partial charge in [0.25, 0.3) is 0 Å². The number of hydrogen-bond donors (Lipinski definition) is 1. The molecule has 0 unspecified atom stereocenters. The maximum absolute atomic E-state index is 5.77. The predicted octanol–water partition coefficient (Wildman–Crippen LogP) is 3.36. The molecule has 3 nitrogen and oxygen atoms in total. The number of nitrogens with two attached hydrogens (primary N) is 1. The average molecular weight is 300 g/mol. The zero-order valence-corrected chi connectivity index (χ0v) is 13.2. The summed E-state index contributed by atoms with van der Waals surface area (Å²) in [4.78, 5) is 2.65. The molecule has 0 atom stereocenters. The number of nitrogens with zero attached hydrogens (tertiary/aromatic N) is 1.